The zero-order valence-electron chi connectivity index (χ0n) is 14.8. The number of thioether (sulfide) groups is 1. The van der Waals surface area contributed by atoms with Crippen LogP contribution in [0.4, 0.5) is 0 Å². The van der Waals surface area contributed by atoms with Crippen LogP contribution in [0.25, 0.3) is 16.0 Å². The molecule has 4 aliphatic rings. The Labute approximate surface area is 196 Å². The van der Waals surface area contributed by atoms with Gasteiger partial charge in [-0.05, 0) is 27.9 Å². The summed E-state index contributed by atoms with van der Waals surface area (Å²) >= 11 is 5.23. The third-order valence-electron chi connectivity index (χ3n) is 5.37. The zero-order chi connectivity index (χ0) is 18.0. The molecule has 28 heavy (non-hydrogen) atoms. The SMILES string of the molecule is BrC1=C2SC3=C2[C@H](O1)c1ccc[c-]c13.[Zr+2].[c-]1cccc2c1Cc1ccccc1-2. The molecule has 0 N–H and O–H groups in total. The quantitative estimate of drug-likeness (QED) is 0.240. The molecule has 0 spiro atoms. The van der Waals surface area contributed by atoms with Crippen molar-refractivity contribution >= 4 is 32.6 Å². The van der Waals surface area contributed by atoms with E-state index in [9.17, 15) is 0 Å². The second-order valence-electron chi connectivity index (χ2n) is 6.84. The summed E-state index contributed by atoms with van der Waals surface area (Å²) < 4.78 is 6.67. The molecule has 0 aromatic heterocycles. The standard InChI is InChI=1S/C13H9.C11H4BrOS.Zr/c1-3-7-12-10(5-1)9-11-6-2-4-8-13(11)12;12-11-10-7-8(13-11)5-3-1-2-4-6(5)9(7)14-10;/h1-5,7-8H,9H2;1-3,8H;/q2*-1;+2/t;8-;/m.1./s1. The molecule has 0 radical (unpaired) electrons. The first kappa shape index (κ1) is 18.7. The van der Waals surface area contributed by atoms with E-state index in [1.807, 2.05) is 18.2 Å². The predicted molar refractivity (Wildman–Crippen MR) is 113 cm³/mol. The van der Waals surface area contributed by atoms with E-state index in [2.05, 4.69) is 70.5 Å². The first-order chi connectivity index (χ1) is 13.3. The van der Waals surface area contributed by atoms with E-state index in [1.54, 1.807) is 11.8 Å². The Bertz CT molecular complexity index is 1140. The predicted octanol–water partition coefficient (Wildman–Crippen LogP) is 6.65. The van der Waals surface area contributed by atoms with Crippen molar-refractivity contribution in [2.75, 3.05) is 0 Å². The van der Waals surface area contributed by atoms with Crippen LogP contribution in [0.15, 0.2) is 75.8 Å². The smallest absolute Gasteiger partial charge is 0.483 e. The molecule has 0 bridgehead atoms. The van der Waals surface area contributed by atoms with Crippen LogP contribution in [0, 0.1) is 12.1 Å². The summed E-state index contributed by atoms with van der Waals surface area (Å²) in [5.41, 5.74) is 9.37. The summed E-state index contributed by atoms with van der Waals surface area (Å²) in [5, 5.41) is 0. The van der Waals surface area contributed by atoms with E-state index in [4.69, 9.17) is 4.74 Å². The fourth-order valence-electron chi connectivity index (χ4n) is 4.14. The van der Waals surface area contributed by atoms with Crippen LogP contribution in [0.5, 0.6) is 0 Å². The average Bonchev–Trinajstić information content (AvgIpc) is 3.24. The molecule has 4 heteroatoms. The van der Waals surface area contributed by atoms with Gasteiger partial charge in [-0.25, -0.2) is 0 Å². The molecular formula is C24H13BrOSZr. The normalized spacial score (nSPS) is 18.7. The Balaban J connectivity index is 0.000000118. The Morgan fingerprint density at radius 3 is 2.64 bits per heavy atom. The van der Waals surface area contributed by atoms with Gasteiger partial charge < -0.3 is 4.74 Å². The van der Waals surface area contributed by atoms with Gasteiger partial charge >= 0.3 is 26.2 Å². The van der Waals surface area contributed by atoms with Gasteiger partial charge in [0.1, 0.15) is 6.10 Å². The van der Waals surface area contributed by atoms with Crippen LogP contribution in [-0.2, 0) is 37.4 Å². The van der Waals surface area contributed by atoms with Gasteiger partial charge in [-0.3, -0.25) is 0 Å². The second-order valence-corrected chi connectivity index (χ2v) is 8.58. The Morgan fingerprint density at radius 2 is 1.71 bits per heavy atom. The van der Waals surface area contributed by atoms with E-state index in [0.29, 0.717) is 0 Å². The van der Waals surface area contributed by atoms with Crippen molar-refractivity contribution in [2.45, 2.75) is 12.5 Å². The molecule has 7 rings (SSSR count). The molecule has 2 aliphatic carbocycles. The number of rotatable bonds is 0. The van der Waals surface area contributed by atoms with Gasteiger partial charge in [-0.15, -0.1) is 47.2 Å². The number of halogens is 1. The van der Waals surface area contributed by atoms with Crippen LogP contribution in [0.3, 0.4) is 0 Å². The van der Waals surface area contributed by atoms with Crippen molar-refractivity contribution in [3.63, 3.8) is 0 Å². The minimum absolute atomic E-state index is 0. The summed E-state index contributed by atoms with van der Waals surface area (Å²) in [4.78, 5) is 2.63. The van der Waals surface area contributed by atoms with Gasteiger partial charge in [0.2, 0.25) is 0 Å². The number of hydrogen-bond donors (Lipinski definition) is 0. The van der Waals surface area contributed by atoms with Gasteiger partial charge in [0, 0.05) is 0 Å². The summed E-state index contributed by atoms with van der Waals surface area (Å²) in [6, 6.07) is 27.5. The maximum atomic E-state index is 5.76. The minimum Gasteiger partial charge on any atom is -0.483 e. The second kappa shape index (κ2) is 7.16. The summed E-state index contributed by atoms with van der Waals surface area (Å²) in [5.74, 6) is 0. The summed E-state index contributed by atoms with van der Waals surface area (Å²) in [6.45, 7) is 0. The summed E-state index contributed by atoms with van der Waals surface area (Å²) in [7, 11) is 0. The van der Waals surface area contributed by atoms with Crippen LogP contribution >= 0.6 is 27.7 Å². The van der Waals surface area contributed by atoms with Gasteiger partial charge in [-0.1, -0.05) is 45.9 Å². The molecule has 3 aromatic rings. The van der Waals surface area contributed by atoms with Crippen LogP contribution < -0.4 is 0 Å². The first-order valence-electron chi connectivity index (χ1n) is 8.89. The maximum Gasteiger partial charge on any atom is 2.00 e. The molecule has 3 aromatic carbocycles. The number of hydrogen-bond acceptors (Lipinski definition) is 2. The minimum atomic E-state index is 0. The van der Waals surface area contributed by atoms with Crippen LogP contribution in [0.2, 0.25) is 0 Å². The van der Waals surface area contributed by atoms with Crippen LogP contribution in [0.1, 0.15) is 28.4 Å². The van der Waals surface area contributed by atoms with E-state index < -0.39 is 0 Å². The molecule has 0 fully saturated rings. The monoisotopic (exact) mass is 518 g/mol. The van der Waals surface area contributed by atoms with Gasteiger partial charge in [0.25, 0.3) is 0 Å². The van der Waals surface area contributed by atoms with E-state index in [1.165, 1.54) is 48.8 Å². The molecule has 132 valence electrons. The van der Waals surface area contributed by atoms with Crippen molar-refractivity contribution in [2.24, 2.45) is 0 Å². The van der Waals surface area contributed by atoms with E-state index in [0.717, 1.165) is 11.1 Å². The molecule has 0 saturated heterocycles. The first-order valence-corrected chi connectivity index (χ1v) is 10.5. The van der Waals surface area contributed by atoms with E-state index >= 15 is 0 Å². The molecule has 0 saturated carbocycles. The molecule has 1 nitrogen and oxygen atoms in total. The third-order valence-corrected chi connectivity index (χ3v) is 7.45. The van der Waals surface area contributed by atoms with Gasteiger partial charge in [0.15, 0.2) is 4.67 Å². The van der Waals surface area contributed by atoms with Crippen molar-refractivity contribution in [3.05, 3.63) is 110 Å². The molecule has 2 aliphatic heterocycles. The number of fused-ring (bicyclic) bond motifs is 6. The van der Waals surface area contributed by atoms with Crippen molar-refractivity contribution < 1.29 is 30.9 Å². The Morgan fingerprint density at radius 1 is 0.929 bits per heavy atom. The fourth-order valence-corrected chi connectivity index (χ4v) is 5.88. The average molecular weight is 521 g/mol. The van der Waals surface area contributed by atoms with Gasteiger partial charge in [0.05, 0.1) is 4.91 Å². The fraction of sp³-hybridized carbons (Fsp3) is 0.0833. The van der Waals surface area contributed by atoms with E-state index in [-0.39, 0.29) is 32.3 Å². The number of benzene rings is 3. The third kappa shape index (κ3) is 2.69. The molecule has 0 amide bonds. The molecule has 2 heterocycles. The zero-order valence-corrected chi connectivity index (χ0v) is 19.6. The van der Waals surface area contributed by atoms with Gasteiger partial charge in [-0.2, -0.15) is 29.8 Å². The largest absolute Gasteiger partial charge is 2.00 e. The Kier molecular flexibility index (Phi) is 4.78. The van der Waals surface area contributed by atoms with Crippen molar-refractivity contribution in [3.8, 4) is 11.1 Å². The number of ether oxygens (including phenoxy) is 1. The maximum absolute atomic E-state index is 5.76. The Hall–Kier alpha value is -1.35. The van der Waals surface area contributed by atoms with Crippen molar-refractivity contribution in [1.29, 1.82) is 0 Å². The molecule has 1 atom stereocenters. The molecular weight excluding hydrogens is 507 g/mol. The van der Waals surface area contributed by atoms with Crippen molar-refractivity contribution in [1.82, 2.24) is 0 Å². The van der Waals surface area contributed by atoms with Crippen LogP contribution in [-0.4, -0.2) is 0 Å². The summed E-state index contributed by atoms with van der Waals surface area (Å²) in [6.07, 6.45) is 1.19. The molecule has 0 unspecified atom stereocenters. The topological polar surface area (TPSA) is 9.23 Å².